The molecule has 0 spiro atoms. The first kappa shape index (κ1) is 25.6. The maximum absolute atomic E-state index is 13.0. The molecule has 0 atom stereocenters. The summed E-state index contributed by atoms with van der Waals surface area (Å²) in [4.78, 5) is 0. The average molecular weight is 551 g/mol. The maximum atomic E-state index is 13.0. The third-order valence-electron chi connectivity index (χ3n) is 3.96. The van der Waals surface area contributed by atoms with Crippen molar-refractivity contribution < 1.29 is 52.2 Å². The van der Waals surface area contributed by atoms with Crippen molar-refractivity contribution in [1.82, 2.24) is 0 Å². The second-order valence-electron chi connectivity index (χ2n) is 5.84. The van der Waals surface area contributed by atoms with Gasteiger partial charge in [0.05, 0.1) is 11.1 Å². The van der Waals surface area contributed by atoms with Gasteiger partial charge < -0.3 is 14.9 Å². The minimum absolute atomic E-state index is 0. The van der Waals surface area contributed by atoms with E-state index in [1.807, 2.05) is 13.0 Å². The fourth-order valence-electron chi connectivity index (χ4n) is 2.90. The van der Waals surface area contributed by atoms with Crippen LogP contribution in [0.3, 0.4) is 0 Å². The molecule has 2 aromatic carbocycles. The van der Waals surface area contributed by atoms with Crippen molar-refractivity contribution in [1.29, 1.82) is 0 Å². The van der Waals surface area contributed by atoms with Crippen LogP contribution in [-0.2, 0) is 44.6 Å². The summed E-state index contributed by atoms with van der Waals surface area (Å²) in [6.45, 7) is 1.87. The maximum Gasteiger partial charge on any atom is 0.416 e. The molecule has 0 nitrogen and oxygen atoms in total. The SMILES string of the molecule is CC1=Cc2c(cccc2-c2cc(C(F)(F)F)cc(C(F)(F)F)c2)C1.[CH3-].[CH3-].[Hf]. The van der Waals surface area contributed by atoms with E-state index in [1.165, 1.54) is 0 Å². The van der Waals surface area contributed by atoms with Crippen LogP contribution in [0.25, 0.3) is 17.2 Å². The van der Waals surface area contributed by atoms with Gasteiger partial charge in [0.15, 0.2) is 0 Å². The molecule has 27 heavy (non-hydrogen) atoms. The summed E-state index contributed by atoms with van der Waals surface area (Å²) in [5.41, 5.74) is 0.284. The van der Waals surface area contributed by atoms with Gasteiger partial charge in [0.2, 0.25) is 0 Å². The van der Waals surface area contributed by atoms with Crippen LogP contribution in [-0.4, -0.2) is 0 Å². The van der Waals surface area contributed by atoms with Crippen LogP contribution in [0.1, 0.15) is 29.2 Å². The second kappa shape index (κ2) is 8.76. The Morgan fingerprint density at radius 2 is 1.33 bits per heavy atom. The Balaban J connectivity index is 0.00000225. The topological polar surface area (TPSA) is 0 Å². The van der Waals surface area contributed by atoms with Gasteiger partial charge >= 0.3 is 12.4 Å². The van der Waals surface area contributed by atoms with Gasteiger partial charge in [-0.25, -0.2) is 0 Å². The monoisotopic (exact) mass is 552 g/mol. The van der Waals surface area contributed by atoms with Gasteiger partial charge in [-0.2, -0.15) is 26.3 Å². The molecule has 0 bridgehead atoms. The molecule has 0 N–H and O–H groups in total. The predicted octanol–water partition coefficient (Wildman–Crippen LogP) is 7.25. The largest absolute Gasteiger partial charge is 0.416 e. The van der Waals surface area contributed by atoms with Crippen molar-refractivity contribution in [2.75, 3.05) is 0 Å². The molecule has 0 aromatic heterocycles. The van der Waals surface area contributed by atoms with E-state index < -0.39 is 23.5 Å². The molecular weight excluding hydrogens is 533 g/mol. The number of allylic oxidation sites excluding steroid dienone is 1. The third kappa shape index (κ3) is 5.33. The molecule has 1 aliphatic rings. The molecule has 2 aromatic rings. The van der Waals surface area contributed by atoms with Gasteiger partial charge in [-0.1, -0.05) is 29.8 Å². The molecule has 0 saturated heterocycles. The zero-order valence-electron chi connectivity index (χ0n) is 15.0. The van der Waals surface area contributed by atoms with Crippen LogP contribution in [0.2, 0.25) is 0 Å². The molecule has 0 fully saturated rings. The van der Waals surface area contributed by atoms with E-state index >= 15 is 0 Å². The van der Waals surface area contributed by atoms with Crippen LogP contribution >= 0.6 is 0 Å². The summed E-state index contributed by atoms with van der Waals surface area (Å²) in [6, 6.07) is 6.70. The van der Waals surface area contributed by atoms with E-state index in [1.54, 1.807) is 18.2 Å². The van der Waals surface area contributed by atoms with Crippen molar-refractivity contribution in [2.45, 2.75) is 25.7 Å². The average Bonchev–Trinajstić information content (AvgIpc) is 2.84. The van der Waals surface area contributed by atoms with Crippen molar-refractivity contribution in [2.24, 2.45) is 0 Å². The number of rotatable bonds is 1. The van der Waals surface area contributed by atoms with E-state index in [-0.39, 0.29) is 52.3 Å². The fraction of sp³-hybridized carbons (Fsp3) is 0.200. The third-order valence-corrected chi connectivity index (χ3v) is 3.96. The summed E-state index contributed by atoms with van der Waals surface area (Å²) in [6.07, 6.45) is -7.24. The standard InChI is InChI=1S/C18H12F6.2CH3.Hf/c1-10-5-11-3-2-4-15(16(11)6-10)12-7-13(17(19,20)21)9-14(8-12)18(22,23)24;;;/h2-4,6-9H,5H2,1H3;2*1H3;/q;2*-1;. The zero-order chi connectivity index (χ0) is 17.7. The van der Waals surface area contributed by atoms with Gasteiger partial charge in [0, 0.05) is 25.8 Å². The van der Waals surface area contributed by atoms with Gasteiger partial charge in [-0.05, 0) is 53.8 Å². The quantitative estimate of drug-likeness (QED) is 0.199. The number of halogens is 6. The smallest absolute Gasteiger partial charge is 0.358 e. The first-order valence-corrected chi connectivity index (χ1v) is 7.14. The Kier molecular flexibility index (Phi) is 8.31. The predicted molar refractivity (Wildman–Crippen MR) is 92.1 cm³/mol. The van der Waals surface area contributed by atoms with Gasteiger partial charge in [0.25, 0.3) is 0 Å². The van der Waals surface area contributed by atoms with Crippen LogP contribution < -0.4 is 0 Å². The molecule has 0 saturated carbocycles. The Morgan fingerprint density at radius 1 is 0.815 bits per heavy atom. The van der Waals surface area contributed by atoms with Crippen LogP contribution in [0.4, 0.5) is 26.3 Å². The first-order chi connectivity index (χ1) is 11.1. The van der Waals surface area contributed by atoms with E-state index in [0.717, 1.165) is 23.3 Å². The molecule has 0 heterocycles. The minimum atomic E-state index is -4.85. The minimum Gasteiger partial charge on any atom is -0.358 e. The molecule has 0 unspecified atom stereocenters. The van der Waals surface area contributed by atoms with Crippen molar-refractivity contribution in [3.63, 3.8) is 0 Å². The Bertz CT molecular complexity index is 799. The summed E-state index contributed by atoms with van der Waals surface area (Å²) >= 11 is 0. The van der Waals surface area contributed by atoms with Crippen molar-refractivity contribution >= 4 is 6.08 Å². The molecule has 3 rings (SSSR count). The second-order valence-corrected chi connectivity index (χ2v) is 5.84. The normalized spacial score (nSPS) is 12.9. The van der Waals surface area contributed by atoms with Crippen molar-refractivity contribution in [3.05, 3.63) is 79.1 Å². The van der Waals surface area contributed by atoms with E-state index in [2.05, 4.69) is 0 Å². The van der Waals surface area contributed by atoms with E-state index in [4.69, 9.17) is 0 Å². The molecular formula is C20H18F6Hf-2. The van der Waals surface area contributed by atoms with Crippen LogP contribution in [0.15, 0.2) is 42.0 Å². The van der Waals surface area contributed by atoms with E-state index in [9.17, 15) is 26.3 Å². The number of hydrogen-bond acceptors (Lipinski definition) is 0. The fourth-order valence-corrected chi connectivity index (χ4v) is 2.90. The molecule has 0 aliphatic heterocycles. The zero-order valence-corrected chi connectivity index (χ0v) is 18.6. The Labute approximate surface area is 174 Å². The summed E-state index contributed by atoms with van der Waals surface area (Å²) in [5.74, 6) is 0. The summed E-state index contributed by atoms with van der Waals surface area (Å²) in [7, 11) is 0. The molecule has 0 amide bonds. The summed E-state index contributed by atoms with van der Waals surface area (Å²) < 4.78 is 78.1. The molecule has 0 radical (unpaired) electrons. The molecule has 7 heteroatoms. The number of alkyl halides is 6. The molecule has 146 valence electrons. The number of fused-ring (bicyclic) bond motifs is 1. The first-order valence-electron chi connectivity index (χ1n) is 7.14. The van der Waals surface area contributed by atoms with E-state index in [0.29, 0.717) is 17.5 Å². The van der Waals surface area contributed by atoms with Gasteiger partial charge in [0.1, 0.15) is 0 Å². The van der Waals surface area contributed by atoms with Crippen LogP contribution in [0, 0.1) is 14.9 Å². The van der Waals surface area contributed by atoms with Gasteiger partial charge in [-0.15, -0.1) is 0 Å². The van der Waals surface area contributed by atoms with Crippen LogP contribution in [0.5, 0.6) is 0 Å². The Morgan fingerprint density at radius 3 is 1.81 bits per heavy atom. The number of benzene rings is 2. The van der Waals surface area contributed by atoms with Crippen molar-refractivity contribution in [3.8, 4) is 11.1 Å². The van der Waals surface area contributed by atoms with Gasteiger partial charge in [-0.3, -0.25) is 0 Å². The summed E-state index contributed by atoms with van der Waals surface area (Å²) in [5, 5.41) is 0. The number of hydrogen-bond donors (Lipinski definition) is 0. The molecule has 1 aliphatic carbocycles. The Hall–Kier alpha value is -1.37.